The van der Waals surface area contributed by atoms with E-state index in [1.807, 2.05) is 0 Å². The lowest BCUT2D eigenvalue weighted by molar-refractivity contribution is 0.0599. The summed E-state index contributed by atoms with van der Waals surface area (Å²) in [5.74, 6) is 0.318. The standard InChI is InChI=1S/C12H15N3O4S/c1-17-7-4-8(11(16)19-3)9(10(5-7)18-2)6-14-15-12(13)20/h4-6H,1-3H3,(H3,13,15,20). The number of thiocarbonyl (C=S) groups is 1. The number of hydrogen-bond acceptors (Lipinski definition) is 6. The largest absolute Gasteiger partial charge is 0.497 e. The third kappa shape index (κ3) is 3.82. The third-order valence-corrected chi connectivity index (χ3v) is 2.44. The smallest absolute Gasteiger partial charge is 0.338 e. The third-order valence-electron chi connectivity index (χ3n) is 2.34. The number of benzene rings is 1. The second-order valence-corrected chi connectivity index (χ2v) is 3.96. The average Bonchev–Trinajstić information content (AvgIpc) is 2.45. The summed E-state index contributed by atoms with van der Waals surface area (Å²) in [4.78, 5) is 11.8. The molecule has 0 saturated carbocycles. The topological polar surface area (TPSA) is 95.2 Å². The molecule has 0 aliphatic carbocycles. The Morgan fingerprint density at radius 2 is 2.05 bits per heavy atom. The number of carbonyl (C=O) groups excluding carboxylic acids is 1. The van der Waals surface area contributed by atoms with Gasteiger partial charge in [-0.1, -0.05) is 0 Å². The Labute approximate surface area is 121 Å². The zero-order valence-corrected chi connectivity index (χ0v) is 12.1. The molecule has 8 heteroatoms. The minimum absolute atomic E-state index is 0.00773. The summed E-state index contributed by atoms with van der Waals surface area (Å²) in [5.41, 5.74) is 8.33. The minimum atomic E-state index is -0.543. The number of methoxy groups -OCH3 is 3. The highest BCUT2D eigenvalue weighted by molar-refractivity contribution is 7.80. The lowest BCUT2D eigenvalue weighted by Gasteiger charge is -2.11. The molecule has 20 heavy (non-hydrogen) atoms. The summed E-state index contributed by atoms with van der Waals surface area (Å²) in [5, 5.41) is 3.82. The van der Waals surface area contributed by atoms with E-state index >= 15 is 0 Å². The summed E-state index contributed by atoms with van der Waals surface area (Å²) in [7, 11) is 4.23. The molecule has 0 bridgehead atoms. The van der Waals surface area contributed by atoms with Crippen LogP contribution in [-0.2, 0) is 4.74 Å². The van der Waals surface area contributed by atoms with Crippen LogP contribution >= 0.6 is 12.2 Å². The van der Waals surface area contributed by atoms with Gasteiger partial charge < -0.3 is 19.9 Å². The number of nitrogens with two attached hydrogens (primary N) is 1. The normalized spacial score (nSPS) is 10.2. The first-order valence-corrected chi connectivity index (χ1v) is 5.87. The molecule has 1 aromatic rings. The van der Waals surface area contributed by atoms with E-state index in [0.717, 1.165) is 0 Å². The van der Waals surface area contributed by atoms with Gasteiger partial charge in [0, 0.05) is 6.07 Å². The predicted molar refractivity (Wildman–Crippen MR) is 78.4 cm³/mol. The second kappa shape index (κ2) is 7.29. The maximum Gasteiger partial charge on any atom is 0.338 e. The fourth-order valence-corrected chi connectivity index (χ4v) is 1.51. The van der Waals surface area contributed by atoms with Crippen LogP contribution in [0.25, 0.3) is 0 Å². The number of hydrazone groups is 1. The number of nitrogens with one attached hydrogen (secondary N) is 1. The molecule has 108 valence electrons. The highest BCUT2D eigenvalue weighted by atomic mass is 32.1. The highest BCUT2D eigenvalue weighted by Crippen LogP contribution is 2.28. The first-order chi connectivity index (χ1) is 9.53. The van der Waals surface area contributed by atoms with E-state index in [1.165, 1.54) is 33.6 Å². The van der Waals surface area contributed by atoms with E-state index in [9.17, 15) is 4.79 Å². The first kappa shape index (κ1) is 15.7. The summed E-state index contributed by atoms with van der Waals surface area (Å²) in [6.07, 6.45) is 1.36. The van der Waals surface area contributed by atoms with E-state index in [0.29, 0.717) is 17.1 Å². The Kier molecular flexibility index (Phi) is 5.73. The van der Waals surface area contributed by atoms with Crippen molar-refractivity contribution in [3.8, 4) is 11.5 Å². The lowest BCUT2D eigenvalue weighted by Crippen LogP contribution is -2.24. The molecule has 0 aliphatic rings. The van der Waals surface area contributed by atoms with Crippen LogP contribution in [0.2, 0.25) is 0 Å². The van der Waals surface area contributed by atoms with Gasteiger partial charge in [0.1, 0.15) is 11.5 Å². The number of hydrogen-bond donors (Lipinski definition) is 2. The Balaban J connectivity index is 3.32. The first-order valence-electron chi connectivity index (χ1n) is 5.46. The molecular formula is C12H15N3O4S. The van der Waals surface area contributed by atoms with Gasteiger partial charge in [-0.3, -0.25) is 5.43 Å². The van der Waals surface area contributed by atoms with Crippen molar-refractivity contribution < 1.29 is 19.0 Å². The van der Waals surface area contributed by atoms with Crippen LogP contribution in [-0.4, -0.2) is 38.6 Å². The molecule has 0 aromatic heterocycles. The van der Waals surface area contributed by atoms with Gasteiger partial charge in [-0.15, -0.1) is 0 Å². The molecule has 1 rings (SSSR count). The van der Waals surface area contributed by atoms with Gasteiger partial charge in [-0.25, -0.2) is 4.79 Å². The van der Waals surface area contributed by atoms with Crippen molar-refractivity contribution in [1.29, 1.82) is 0 Å². The molecule has 1 aromatic carbocycles. The van der Waals surface area contributed by atoms with E-state index in [1.54, 1.807) is 6.07 Å². The van der Waals surface area contributed by atoms with Crippen LogP contribution in [0.5, 0.6) is 11.5 Å². The van der Waals surface area contributed by atoms with E-state index in [4.69, 9.17) is 19.9 Å². The Morgan fingerprint density at radius 1 is 1.35 bits per heavy atom. The van der Waals surface area contributed by atoms with Gasteiger partial charge in [0.25, 0.3) is 0 Å². The van der Waals surface area contributed by atoms with Gasteiger partial charge in [-0.2, -0.15) is 5.10 Å². The molecule has 7 nitrogen and oxygen atoms in total. The molecule has 0 spiro atoms. The van der Waals surface area contributed by atoms with Crippen molar-refractivity contribution in [2.45, 2.75) is 0 Å². The number of ether oxygens (including phenoxy) is 3. The fourth-order valence-electron chi connectivity index (χ4n) is 1.46. The fraction of sp³-hybridized carbons (Fsp3) is 0.250. The maximum absolute atomic E-state index is 11.8. The van der Waals surface area contributed by atoms with Crippen LogP contribution < -0.4 is 20.6 Å². The SMILES string of the molecule is COC(=O)c1cc(OC)cc(OC)c1C=NNC(N)=S. The van der Waals surface area contributed by atoms with Crippen LogP contribution in [0.1, 0.15) is 15.9 Å². The molecule has 3 N–H and O–H groups in total. The summed E-state index contributed by atoms with van der Waals surface area (Å²) in [6.45, 7) is 0. The molecule has 0 saturated heterocycles. The summed E-state index contributed by atoms with van der Waals surface area (Å²) in [6, 6.07) is 3.14. The molecule has 0 amide bonds. The molecule has 0 radical (unpaired) electrons. The number of esters is 1. The lowest BCUT2D eigenvalue weighted by atomic mass is 10.1. The number of nitrogens with zero attached hydrogens (tertiary/aromatic N) is 1. The van der Waals surface area contributed by atoms with Crippen molar-refractivity contribution in [2.75, 3.05) is 21.3 Å². The van der Waals surface area contributed by atoms with Crippen LogP contribution in [0.4, 0.5) is 0 Å². The molecular weight excluding hydrogens is 282 g/mol. The Morgan fingerprint density at radius 3 is 2.55 bits per heavy atom. The van der Waals surface area contributed by atoms with Gasteiger partial charge >= 0.3 is 5.97 Å². The number of carbonyl (C=O) groups is 1. The summed E-state index contributed by atoms with van der Waals surface area (Å²) >= 11 is 4.63. The van der Waals surface area contributed by atoms with Crippen molar-refractivity contribution in [3.63, 3.8) is 0 Å². The molecule has 0 unspecified atom stereocenters. The second-order valence-electron chi connectivity index (χ2n) is 3.52. The molecule has 0 atom stereocenters. The van der Waals surface area contributed by atoms with E-state index in [2.05, 4.69) is 22.7 Å². The zero-order chi connectivity index (χ0) is 15.1. The van der Waals surface area contributed by atoms with Gasteiger partial charge in [-0.05, 0) is 18.3 Å². The van der Waals surface area contributed by atoms with E-state index in [-0.39, 0.29) is 10.7 Å². The summed E-state index contributed by atoms with van der Waals surface area (Å²) < 4.78 is 15.0. The minimum Gasteiger partial charge on any atom is -0.497 e. The van der Waals surface area contributed by atoms with Gasteiger partial charge in [0.15, 0.2) is 5.11 Å². The Bertz CT molecular complexity index is 546. The quantitative estimate of drug-likeness (QED) is 0.357. The molecule has 0 heterocycles. The van der Waals surface area contributed by atoms with E-state index < -0.39 is 5.97 Å². The van der Waals surface area contributed by atoms with Crippen molar-refractivity contribution in [1.82, 2.24) is 5.43 Å². The predicted octanol–water partition coefficient (Wildman–Crippen LogP) is 0.657. The highest BCUT2D eigenvalue weighted by Gasteiger charge is 2.17. The average molecular weight is 297 g/mol. The van der Waals surface area contributed by atoms with Crippen LogP contribution in [0, 0.1) is 0 Å². The van der Waals surface area contributed by atoms with Crippen molar-refractivity contribution in [3.05, 3.63) is 23.3 Å². The van der Waals surface area contributed by atoms with Gasteiger partial charge in [0.2, 0.25) is 0 Å². The van der Waals surface area contributed by atoms with Crippen molar-refractivity contribution in [2.24, 2.45) is 10.8 Å². The van der Waals surface area contributed by atoms with Crippen LogP contribution in [0.3, 0.4) is 0 Å². The van der Waals surface area contributed by atoms with Crippen LogP contribution in [0.15, 0.2) is 17.2 Å². The Hall–Kier alpha value is -2.35. The monoisotopic (exact) mass is 297 g/mol. The molecule has 0 aliphatic heterocycles. The molecule has 0 fully saturated rings. The number of rotatable bonds is 5. The zero-order valence-electron chi connectivity index (χ0n) is 11.3. The maximum atomic E-state index is 11.8. The van der Waals surface area contributed by atoms with Gasteiger partial charge in [0.05, 0.1) is 38.7 Å². The van der Waals surface area contributed by atoms with Crippen molar-refractivity contribution >= 4 is 29.5 Å².